The van der Waals surface area contributed by atoms with Crippen molar-refractivity contribution in [1.29, 1.82) is 0 Å². The van der Waals surface area contributed by atoms with Crippen molar-refractivity contribution in [2.45, 2.75) is 25.8 Å². The molecular weight excluding hydrogens is 236 g/mol. The van der Waals surface area contributed by atoms with Crippen molar-refractivity contribution in [2.75, 3.05) is 6.54 Å². The Morgan fingerprint density at radius 3 is 3.06 bits per heavy atom. The molecule has 1 atom stereocenters. The van der Waals surface area contributed by atoms with Gasteiger partial charge in [-0.2, -0.15) is 0 Å². The van der Waals surface area contributed by atoms with Crippen molar-refractivity contribution in [3.8, 4) is 0 Å². The Morgan fingerprint density at radius 1 is 1.50 bits per heavy atom. The summed E-state index contributed by atoms with van der Waals surface area (Å²) in [7, 11) is 0. The largest absolute Gasteiger partial charge is 0.308 e. The summed E-state index contributed by atoms with van der Waals surface area (Å²) in [5.74, 6) is 0. The van der Waals surface area contributed by atoms with Crippen LogP contribution in [0.1, 0.15) is 30.0 Å². The van der Waals surface area contributed by atoms with Crippen LogP contribution in [0.2, 0.25) is 0 Å². The Labute approximate surface area is 104 Å². The number of thiazole rings is 1. The zero-order valence-corrected chi connectivity index (χ0v) is 11.0. The zero-order chi connectivity index (χ0) is 11.2. The van der Waals surface area contributed by atoms with Gasteiger partial charge in [0.15, 0.2) is 0 Å². The van der Waals surface area contributed by atoms with E-state index in [1.165, 1.54) is 10.6 Å². The minimum Gasteiger partial charge on any atom is -0.308 e. The molecule has 2 rings (SSSR count). The Kier molecular flexibility index (Phi) is 4.51. The van der Waals surface area contributed by atoms with Crippen LogP contribution in [0.4, 0.5) is 0 Å². The molecule has 2 aromatic rings. The average Bonchev–Trinajstić information content (AvgIpc) is 2.96. The summed E-state index contributed by atoms with van der Waals surface area (Å²) in [5.41, 5.74) is 3.08. The summed E-state index contributed by atoms with van der Waals surface area (Å²) >= 11 is 3.48. The Balaban J connectivity index is 2.03. The van der Waals surface area contributed by atoms with Crippen molar-refractivity contribution >= 4 is 22.7 Å². The van der Waals surface area contributed by atoms with Gasteiger partial charge in [-0.05, 0) is 24.4 Å². The monoisotopic (exact) mass is 252 g/mol. The molecule has 86 valence electrons. The molecule has 0 saturated carbocycles. The van der Waals surface area contributed by atoms with E-state index in [4.69, 9.17) is 0 Å². The number of aromatic nitrogens is 1. The van der Waals surface area contributed by atoms with Crippen LogP contribution in [-0.4, -0.2) is 11.5 Å². The molecule has 0 aromatic carbocycles. The second-order valence-electron chi connectivity index (χ2n) is 3.70. The molecule has 0 radical (unpaired) electrons. The summed E-state index contributed by atoms with van der Waals surface area (Å²) in [5, 5.41) is 7.83. The lowest BCUT2D eigenvalue weighted by Crippen LogP contribution is -2.24. The van der Waals surface area contributed by atoms with E-state index in [0.29, 0.717) is 6.04 Å². The van der Waals surface area contributed by atoms with Gasteiger partial charge in [0.2, 0.25) is 0 Å². The predicted octanol–water partition coefficient (Wildman–Crippen LogP) is 3.49. The first-order chi connectivity index (χ1) is 7.90. The first kappa shape index (κ1) is 11.8. The van der Waals surface area contributed by atoms with E-state index in [0.717, 1.165) is 19.4 Å². The first-order valence-electron chi connectivity index (χ1n) is 5.54. The van der Waals surface area contributed by atoms with Crippen LogP contribution < -0.4 is 5.32 Å². The number of nitrogens with one attached hydrogen (secondary N) is 1. The third-order valence-electron chi connectivity index (χ3n) is 2.43. The average molecular weight is 252 g/mol. The lowest BCUT2D eigenvalue weighted by molar-refractivity contribution is 0.523. The van der Waals surface area contributed by atoms with Crippen LogP contribution in [0.15, 0.2) is 28.4 Å². The molecule has 0 fully saturated rings. The number of nitrogens with zero attached hydrogens (tertiary/aromatic N) is 1. The number of hydrogen-bond acceptors (Lipinski definition) is 4. The number of rotatable bonds is 6. The molecule has 4 heteroatoms. The highest BCUT2D eigenvalue weighted by Crippen LogP contribution is 2.21. The summed E-state index contributed by atoms with van der Waals surface area (Å²) in [6, 6.07) is 4.67. The van der Waals surface area contributed by atoms with Gasteiger partial charge < -0.3 is 5.32 Å². The molecule has 1 N–H and O–H groups in total. The summed E-state index contributed by atoms with van der Waals surface area (Å²) in [6.07, 6.45) is 2.20. The van der Waals surface area contributed by atoms with E-state index < -0.39 is 0 Å². The van der Waals surface area contributed by atoms with E-state index in [-0.39, 0.29) is 0 Å². The van der Waals surface area contributed by atoms with Gasteiger partial charge in [-0.25, -0.2) is 4.98 Å². The second-order valence-corrected chi connectivity index (χ2v) is 5.45. The topological polar surface area (TPSA) is 24.9 Å². The third-order valence-corrected chi connectivity index (χ3v) is 3.94. The molecule has 2 aromatic heterocycles. The lowest BCUT2D eigenvalue weighted by Gasteiger charge is -2.15. The van der Waals surface area contributed by atoms with Gasteiger partial charge in [-0.15, -0.1) is 22.7 Å². The molecular formula is C12H16N2S2. The Bertz CT molecular complexity index is 381. The molecule has 0 amide bonds. The fraction of sp³-hybridized carbons (Fsp3) is 0.417. The highest BCUT2D eigenvalue weighted by Gasteiger charge is 2.13. The van der Waals surface area contributed by atoms with Crippen LogP contribution in [0.5, 0.6) is 0 Å². The van der Waals surface area contributed by atoms with Gasteiger partial charge >= 0.3 is 0 Å². The van der Waals surface area contributed by atoms with Gasteiger partial charge in [0.1, 0.15) is 0 Å². The van der Waals surface area contributed by atoms with E-state index in [1.807, 2.05) is 16.8 Å². The minimum atomic E-state index is 0.366. The summed E-state index contributed by atoms with van der Waals surface area (Å²) in [6.45, 7) is 3.24. The van der Waals surface area contributed by atoms with Crippen molar-refractivity contribution in [2.24, 2.45) is 0 Å². The molecule has 2 nitrogen and oxygen atoms in total. The fourth-order valence-corrected chi connectivity index (χ4v) is 2.98. The smallest absolute Gasteiger partial charge is 0.0795 e. The van der Waals surface area contributed by atoms with Gasteiger partial charge in [0.25, 0.3) is 0 Å². The van der Waals surface area contributed by atoms with Crippen molar-refractivity contribution in [1.82, 2.24) is 10.3 Å². The first-order valence-corrected chi connectivity index (χ1v) is 7.36. The molecule has 1 unspecified atom stereocenters. The highest BCUT2D eigenvalue weighted by molar-refractivity contribution is 7.09. The van der Waals surface area contributed by atoms with Crippen LogP contribution in [0.3, 0.4) is 0 Å². The molecule has 0 saturated heterocycles. The van der Waals surface area contributed by atoms with E-state index in [9.17, 15) is 0 Å². The highest BCUT2D eigenvalue weighted by atomic mass is 32.1. The fourth-order valence-electron chi connectivity index (χ4n) is 1.62. The number of hydrogen-bond donors (Lipinski definition) is 1. The van der Waals surface area contributed by atoms with Crippen LogP contribution >= 0.6 is 22.7 Å². The SMILES string of the molecule is CCCNC(Cc1cccs1)c1cscn1. The molecule has 0 aliphatic heterocycles. The van der Waals surface area contributed by atoms with E-state index >= 15 is 0 Å². The van der Waals surface area contributed by atoms with Crippen LogP contribution in [-0.2, 0) is 6.42 Å². The van der Waals surface area contributed by atoms with Crippen LogP contribution in [0.25, 0.3) is 0 Å². The summed E-state index contributed by atoms with van der Waals surface area (Å²) < 4.78 is 0. The van der Waals surface area contributed by atoms with Gasteiger partial charge in [0.05, 0.1) is 17.2 Å². The van der Waals surface area contributed by atoms with Gasteiger partial charge in [0, 0.05) is 16.7 Å². The van der Waals surface area contributed by atoms with Gasteiger partial charge in [-0.1, -0.05) is 13.0 Å². The maximum Gasteiger partial charge on any atom is 0.0795 e. The number of thiophene rings is 1. The van der Waals surface area contributed by atoms with Crippen molar-refractivity contribution in [3.05, 3.63) is 39.0 Å². The Morgan fingerprint density at radius 2 is 2.44 bits per heavy atom. The molecule has 16 heavy (non-hydrogen) atoms. The molecule has 0 aliphatic rings. The Hall–Kier alpha value is -0.710. The normalized spacial score (nSPS) is 12.8. The quantitative estimate of drug-likeness (QED) is 0.851. The zero-order valence-electron chi connectivity index (χ0n) is 9.35. The van der Waals surface area contributed by atoms with Crippen molar-refractivity contribution in [3.63, 3.8) is 0 Å². The molecule has 0 aliphatic carbocycles. The van der Waals surface area contributed by atoms with Crippen LogP contribution in [0, 0.1) is 0 Å². The maximum atomic E-state index is 4.41. The maximum absolute atomic E-state index is 4.41. The van der Waals surface area contributed by atoms with Gasteiger partial charge in [-0.3, -0.25) is 0 Å². The lowest BCUT2D eigenvalue weighted by atomic mass is 10.1. The van der Waals surface area contributed by atoms with E-state index in [2.05, 4.69) is 40.1 Å². The third kappa shape index (κ3) is 3.14. The standard InChI is InChI=1S/C12H16N2S2/c1-2-5-13-11(12-8-15-9-14-12)7-10-4-3-6-16-10/h3-4,6,8-9,11,13H,2,5,7H2,1H3. The predicted molar refractivity (Wildman–Crippen MR) is 71.2 cm³/mol. The minimum absolute atomic E-state index is 0.366. The molecule has 0 bridgehead atoms. The van der Waals surface area contributed by atoms with E-state index in [1.54, 1.807) is 11.3 Å². The summed E-state index contributed by atoms with van der Waals surface area (Å²) in [4.78, 5) is 5.83. The van der Waals surface area contributed by atoms with Crippen molar-refractivity contribution < 1.29 is 0 Å². The molecule has 0 spiro atoms. The molecule has 2 heterocycles. The second kappa shape index (κ2) is 6.13.